The molecule has 0 aromatic rings. The zero-order chi connectivity index (χ0) is 12.6. The second kappa shape index (κ2) is 4.46. The Balaban J connectivity index is 2.50. The van der Waals surface area contributed by atoms with Crippen molar-refractivity contribution in [1.82, 2.24) is 4.31 Å². The molecule has 0 fully saturated rings. The van der Waals surface area contributed by atoms with Gasteiger partial charge in [0.25, 0.3) is 15.9 Å². The highest BCUT2D eigenvalue weighted by molar-refractivity contribution is 7.94. The van der Waals surface area contributed by atoms with Crippen LogP contribution in [0.5, 0.6) is 0 Å². The summed E-state index contributed by atoms with van der Waals surface area (Å²) in [5.41, 5.74) is 0.441. The van der Waals surface area contributed by atoms with Gasteiger partial charge >= 0.3 is 0 Å². The summed E-state index contributed by atoms with van der Waals surface area (Å²) in [7, 11) is -3.64. The van der Waals surface area contributed by atoms with Crippen LogP contribution in [-0.4, -0.2) is 24.6 Å². The van der Waals surface area contributed by atoms with Crippen LogP contribution in [-0.2, 0) is 14.8 Å². The molecule has 0 spiro atoms. The average Bonchev–Trinajstić information content (AvgIpc) is 2.48. The molecule has 17 heavy (non-hydrogen) atoms. The second-order valence-corrected chi connectivity index (χ2v) is 6.35. The summed E-state index contributed by atoms with van der Waals surface area (Å²) >= 11 is 5.56. The maximum Gasteiger partial charge on any atom is 0.266 e. The number of amides is 1. The lowest BCUT2D eigenvalue weighted by Crippen LogP contribution is -2.30. The molecule has 0 aromatic carbocycles. The maximum atomic E-state index is 12.1. The third kappa shape index (κ3) is 1.81. The predicted octanol–water partition coefficient (Wildman–Crippen LogP) is 1.99. The van der Waals surface area contributed by atoms with Gasteiger partial charge in [0.05, 0.1) is 4.91 Å². The lowest BCUT2D eigenvalue weighted by molar-refractivity contribution is -0.122. The number of rotatable bonds is 3. The number of nitrogens with zero attached hydrogens (tertiary/aromatic N) is 1. The Hall–Kier alpha value is -0.810. The van der Waals surface area contributed by atoms with E-state index in [0.29, 0.717) is 18.4 Å². The smallest absolute Gasteiger partial charge is 0.266 e. The first-order valence-corrected chi connectivity index (χ1v) is 7.48. The van der Waals surface area contributed by atoms with Crippen LogP contribution in [0.2, 0.25) is 0 Å². The normalized spacial score (nSPS) is 27.2. The third-order valence-corrected chi connectivity index (χ3v) is 5.59. The highest BCUT2D eigenvalue weighted by Gasteiger charge is 2.46. The minimum absolute atomic E-state index is 0.0215. The molecule has 1 aliphatic heterocycles. The summed E-state index contributed by atoms with van der Waals surface area (Å²) in [4.78, 5) is 12.3. The van der Waals surface area contributed by atoms with Gasteiger partial charge in [-0.25, -0.2) is 12.7 Å². The first-order chi connectivity index (χ1) is 8.04. The van der Waals surface area contributed by atoms with E-state index in [1.54, 1.807) is 6.08 Å². The van der Waals surface area contributed by atoms with E-state index in [9.17, 15) is 13.2 Å². The fraction of sp³-hybridized carbons (Fsp3) is 0.545. The monoisotopic (exact) mass is 275 g/mol. The lowest BCUT2D eigenvalue weighted by atomic mass is 9.85. The second-order valence-electron chi connectivity index (χ2n) is 4.23. The standard InChI is InChI=1S/C11H14ClNO3S/c1-2-4-8-5-3-6-9-10(8)11(14)13(7-12)17(9,15)16/h2,8H,1,3-7H2. The van der Waals surface area contributed by atoms with Crippen molar-refractivity contribution in [3.63, 3.8) is 0 Å². The molecule has 0 saturated carbocycles. The zero-order valence-corrected chi connectivity index (χ0v) is 10.9. The van der Waals surface area contributed by atoms with Gasteiger partial charge in [0.1, 0.15) is 6.00 Å². The molecule has 0 radical (unpaired) electrons. The van der Waals surface area contributed by atoms with Crippen LogP contribution in [0.25, 0.3) is 0 Å². The summed E-state index contributed by atoms with van der Waals surface area (Å²) in [5, 5.41) is 0. The van der Waals surface area contributed by atoms with E-state index in [-0.39, 0.29) is 16.8 Å². The SMILES string of the molecule is C=CCC1CCCC2=C1C(=O)N(CCl)S2(=O)=O. The van der Waals surface area contributed by atoms with Crippen molar-refractivity contribution in [2.24, 2.45) is 5.92 Å². The Morgan fingerprint density at radius 1 is 1.53 bits per heavy atom. The summed E-state index contributed by atoms with van der Waals surface area (Å²) in [6.07, 6.45) is 4.44. The van der Waals surface area contributed by atoms with Gasteiger partial charge in [-0.2, -0.15) is 0 Å². The number of sulfonamides is 1. The Bertz CT molecular complexity index is 495. The van der Waals surface area contributed by atoms with Gasteiger partial charge in [0.15, 0.2) is 0 Å². The van der Waals surface area contributed by atoms with Crippen LogP contribution < -0.4 is 0 Å². The number of halogens is 1. The van der Waals surface area contributed by atoms with Gasteiger partial charge in [-0.3, -0.25) is 4.79 Å². The Labute approximate surface area is 106 Å². The number of alkyl halides is 1. The highest BCUT2D eigenvalue weighted by Crippen LogP contribution is 2.42. The molecule has 1 amide bonds. The van der Waals surface area contributed by atoms with Crippen molar-refractivity contribution >= 4 is 27.5 Å². The number of hydrogen-bond donors (Lipinski definition) is 0. The number of carbonyl (C=O) groups excluding carboxylic acids is 1. The van der Waals surface area contributed by atoms with Gasteiger partial charge < -0.3 is 0 Å². The van der Waals surface area contributed by atoms with Crippen molar-refractivity contribution in [3.05, 3.63) is 23.1 Å². The van der Waals surface area contributed by atoms with Gasteiger partial charge in [0.2, 0.25) is 0 Å². The molecule has 1 heterocycles. The maximum absolute atomic E-state index is 12.1. The molecule has 0 saturated heterocycles. The molecular weight excluding hydrogens is 262 g/mol. The van der Waals surface area contributed by atoms with E-state index in [1.807, 2.05) is 0 Å². The molecule has 0 aromatic heterocycles. The first kappa shape index (κ1) is 12.6. The van der Waals surface area contributed by atoms with E-state index >= 15 is 0 Å². The first-order valence-electron chi connectivity index (χ1n) is 5.51. The number of allylic oxidation sites excluding steroid dienone is 2. The average molecular weight is 276 g/mol. The van der Waals surface area contributed by atoms with Gasteiger partial charge in [-0.15, -0.1) is 18.2 Å². The van der Waals surface area contributed by atoms with E-state index in [4.69, 9.17) is 11.6 Å². The molecule has 1 atom stereocenters. The number of hydrogen-bond acceptors (Lipinski definition) is 3. The molecular formula is C11H14ClNO3S. The van der Waals surface area contributed by atoms with E-state index in [2.05, 4.69) is 6.58 Å². The van der Waals surface area contributed by atoms with Crippen molar-refractivity contribution in [3.8, 4) is 0 Å². The Morgan fingerprint density at radius 3 is 2.82 bits per heavy atom. The Morgan fingerprint density at radius 2 is 2.24 bits per heavy atom. The molecule has 2 rings (SSSR count). The van der Waals surface area contributed by atoms with Gasteiger partial charge in [0, 0.05) is 5.57 Å². The minimum Gasteiger partial charge on any atom is -0.268 e. The molecule has 6 heteroatoms. The topological polar surface area (TPSA) is 54.5 Å². The lowest BCUT2D eigenvalue weighted by Gasteiger charge is -2.20. The summed E-state index contributed by atoms with van der Waals surface area (Å²) < 4.78 is 24.9. The molecule has 1 aliphatic carbocycles. The van der Waals surface area contributed by atoms with Crippen LogP contribution >= 0.6 is 11.6 Å². The highest BCUT2D eigenvalue weighted by atomic mass is 35.5. The van der Waals surface area contributed by atoms with Crippen LogP contribution in [0, 0.1) is 5.92 Å². The fourth-order valence-corrected chi connectivity index (χ4v) is 4.65. The summed E-state index contributed by atoms with van der Waals surface area (Å²) in [6, 6.07) is -0.311. The third-order valence-electron chi connectivity index (χ3n) is 3.28. The van der Waals surface area contributed by atoms with Crippen LogP contribution in [0.1, 0.15) is 25.7 Å². The molecule has 94 valence electrons. The number of carbonyl (C=O) groups is 1. The molecule has 0 bridgehead atoms. The van der Waals surface area contributed by atoms with Gasteiger partial charge in [-0.05, 0) is 31.6 Å². The minimum atomic E-state index is -3.64. The fourth-order valence-electron chi connectivity index (χ4n) is 2.51. The van der Waals surface area contributed by atoms with E-state index in [0.717, 1.165) is 17.1 Å². The van der Waals surface area contributed by atoms with Crippen molar-refractivity contribution in [2.75, 3.05) is 6.00 Å². The summed E-state index contributed by atoms with van der Waals surface area (Å²) in [6.45, 7) is 3.65. The predicted molar refractivity (Wildman–Crippen MR) is 65.7 cm³/mol. The molecule has 2 aliphatic rings. The quantitative estimate of drug-likeness (QED) is 0.450. The zero-order valence-electron chi connectivity index (χ0n) is 9.36. The van der Waals surface area contributed by atoms with Crippen molar-refractivity contribution in [1.29, 1.82) is 0 Å². The van der Waals surface area contributed by atoms with E-state index < -0.39 is 15.9 Å². The largest absolute Gasteiger partial charge is 0.268 e. The van der Waals surface area contributed by atoms with Crippen molar-refractivity contribution in [2.45, 2.75) is 25.7 Å². The van der Waals surface area contributed by atoms with Crippen LogP contribution in [0.4, 0.5) is 0 Å². The molecule has 1 unspecified atom stereocenters. The molecule has 4 nitrogen and oxygen atoms in total. The van der Waals surface area contributed by atoms with Crippen molar-refractivity contribution < 1.29 is 13.2 Å². The summed E-state index contributed by atoms with van der Waals surface area (Å²) in [5.74, 6) is -0.465. The van der Waals surface area contributed by atoms with Gasteiger partial charge in [-0.1, -0.05) is 6.08 Å². The molecule has 0 N–H and O–H groups in total. The van der Waals surface area contributed by atoms with E-state index in [1.165, 1.54) is 0 Å². The van der Waals surface area contributed by atoms with Crippen LogP contribution in [0.15, 0.2) is 23.1 Å². The Kier molecular flexibility index (Phi) is 3.32. The van der Waals surface area contributed by atoms with Crippen LogP contribution in [0.3, 0.4) is 0 Å².